The highest BCUT2D eigenvalue weighted by Crippen LogP contribution is 2.32. The predicted octanol–water partition coefficient (Wildman–Crippen LogP) is 1.20. The fourth-order valence-electron chi connectivity index (χ4n) is 2.77. The Morgan fingerprint density at radius 1 is 1.16 bits per heavy atom. The fraction of sp³-hybridized carbons (Fsp3) is 0.235. The molecule has 2 aromatic carbocycles. The summed E-state index contributed by atoms with van der Waals surface area (Å²) < 4.78 is 32.6. The highest BCUT2D eigenvalue weighted by Gasteiger charge is 2.28. The number of amides is 1. The van der Waals surface area contributed by atoms with Gasteiger partial charge in [0.1, 0.15) is 5.75 Å². The maximum absolute atomic E-state index is 13.0. The van der Waals surface area contributed by atoms with Crippen molar-refractivity contribution in [3.63, 3.8) is 0 Å². The zero-order valence-electron chi connectivity index (χ0n) is 13.5. The van der Waals surface area contributed by atoms with E-state index in [-0.39, 0.29) is 11.5 Å². The summed E-state index contributed by atoms with van der Waals surface area (Å²) in [6.07, 6.45) is 1.66. The second-order valence-corrected chi connectivity index (χ2v) is 7.50. The Bertz CT molecular complexity index is 866. The van der Waals surface area contributed by atoms with Gasteiger partial charge in [0, 0.05) is 6.54 Å². The van der Waals surface area contributed by atoms with Gasteiger partial charge in [0.25, 0.3) is 15.9 Å². The van der Waals surface area contributed by atoms with Crippen molar-refractivity contribution >= 4 is 21.6 Å². The van der Waals surface area contributed by atoms with Gasteiger partial charge in [-0.05, 0) is 48.7 Å². The Hall–Kier alpha value is -2.58. The Morgan fingerprint density at radius 2 is 1.88 bits per heavy atom. The van der Waals surface area contributed by atoms with Crippen LogP contribution in [-0.4, -0.2) is 27.5 Å². The number of sulfonamides is 1. The van der Waals surface area contributed by atoms with Crippen molar-refractivity contribution in [2.45, 2.75) is 17.7 Å². The molecule has 1 aliphatic rings. The monoisotopic (exact) mass is 361 g/mol. The number of carbonyl (C=O) groups excluding carboxylic acids is 1. The van der Waals surface area contributed by atoms with Crippen LogP contribution in [0, 0.1) is 0 Å². The maximum atomic E-state index is 13.0. The first-order chi connectivity index (χ1) is 12.0. The predicted molar refractivity (Wildman–Crippen MR) is 93.6 cm³/mol. The lowest BCUT2D eigenvalue weighted by molar-refractivity contribution is -0.123. The number of nitrogens with two attached hydrogens (primary N) is 1. The molecule has 2 aromatic rings. The lowest BCUT2D eigenvalue weighted by atomic mass is 10.0. The largest absolute Gasteiger partial charge is 0.484 e. The van der Waals surface area contributed by atoms with Gasteiger partial charge >= 0.3 is 0 Å². The molecule has 3 N–H and O–H groups in total. The van der Waals surface area contributed by atoms with Crippen molar-refractivity contribution in [3.05, 3.63) is 54.1 Å². The van der Waals surface area contributed by atoms with Crippen LogP contribution in [0.15, 0.2) is 53.4 Å². The molecule has 0 unspecified atom stereocenters. The van der Waals surface area contributed by atoms with Gasteiger partial charge in [0.2, 0.25) is 0 Å². The lowest BCUT2D eigenvalue weighted by Gasteiger charge is -2.30. The Balaban J connectivity index is 1.83. The standard InChI is InChI=1S/C17H19N3O4S/c18-19-17(21)12-24-14-7-9-15(10-8-14)25(22,23)20-11-3-5-13-4-1-2-6-16(13)20/h1-2,4,6-10H,3,5,11-12,18H2,(H,19,21). The highest BCUT2D eigenvalue weighted by molar-refractivity contribution is 7.92. The summed E-state index contributed by atoms with van der Waals surface area (Å²) in [6.45, 7) is 0.219. The van der Waals surface area contributed by atoms with E-state index in [0.717, 1.165) is 24.1 Å². The maximum Gasteiger partial charge on any atom is 0.271 e. The van der Waals surface area contributed by atoms with E-state index in [4.69, 9.17) is 10.6 Å². The number of hydrazine groups is 1. The van der Waals surface area contributed by atoms with Crippen molar-refractivity contribution in [2.24, 2.45) is 5.84 Å². The fourth-order valence-corrected chi connectivity index (χ4v) is 4.32. The number of ether oxygens (including phenoxy) is 1. The van der Waals surface area contributed by atoms with Crippen molar-refractivity contribution in [2.75, 3.05) is 17.5 Å². The van der Waals surface area contributed by atoms with E-state index in [1.807, 2.05) is 29.7 Å². The summed E-state index contributed by atoms with van der Waals surface area (Å²) in [5, 5.41) is 0. The van der Waals surface area contributed by atoms with Crippen molar-refractivity contribution in [3.8, 4) is 5.75 Å². The lowest BCUT2D eigenvalue weighted by Crippen LogP contribution is -2.35. The van der Waals surface area contributed by atoms with E-state index in [0.29, 0.717) is 12.3 Å². The van der Waals surface area contributed by atoms with Crippen LogP contribution in [0.2, 0.25) is 0 Å². The zero-order valence-corrected chi connectivity index (χ0v) is 14.3. The number of rotatable bonds is 5. The summed E-state index contributed by atoms with van der Waals surface area (Å²) in [6, 6.07) is 13.5. The first kappa shape index (κ1) is 17.2. The number of anilines is 1. The number of fused-ring (bicyclic) bond motifs is 1. The summed E-state index contributed by atoms with van der Waals surface area (Å²) in [4.78, 5) is 11.3. The van der Waals surface area contributed by atoms with Crippen LogP contribution >= 0.6 is 0 Å². The minimum atomic E-state index is -3.65. The van der Waals surface area contributed by atoms with Gasteiger partial charge < -0.3 is 4.74 Å². The zero-order chi connectivity index (χ0) is 17.9. The van der Waals surface area contributed by atoms with E-state index in [1.54, 1.807) is 0 Å². The molecule has 0 radical (unpaired) electrons. The number of para-hydroxylation sites is 1. The molecule has 25 heavy (non-hydrogen) atoms. The first-order valence-electron chi connectivity index (χ1n) is 7.85. The van der Waals surface area contributed by atoms with Crippen molar-refractivity contribution in [1.82, 2.24) is 5.43 Å². The van der Waals surface area contributed by atoms with Crippen LogP contribution in [0.1, 0.15) is 12.0 Å². The number of benzene rings is 2. The minimum Gasteiger partial charge on any atom is -0.484 e. The summed E-state index contributed by atoms with van der Waals surface area (Å²) in [7, 11) is -3.65. The minimum absolute atomic E-state index is 0.180. The van der Waals surface area contributed by atoms with E-state index < -0.39 is 15.9 Å². The van der Waals surface area contributed by atoms with Crippen LogP contribution < -0.4 is 20.3 Å². The molecule has 0 aromatic heterocycles. The molecule has 0 aliphatic carbocycles. The molecule has 0 atom stereocenters. The molecular weight excluding hydrogens is 342 g/mol. The third-order valence-corrected chi connectivity index (χ3v) is 5.84. The van der Waals surface area contributed by atoms with Crippen LogP contribution in [0.4, 0.5) is 5.69 Å². The molecule has 0 bridgehead atoms. The Labute approximate surface area is 146 Å². The number of aryl methyl sites for hydroxylation is 1. The third kappa shape index (κ3) is 3.59. The number of nitrogens with one attached hydrogen (secondary N) is 1. The average molecular weight is 361 g/mol. The van der Waals surface area contributed by atoms with Crippen LogP contribution in [0.25, 0.3) is 0 Å². The average Bonchev–Trinajstić information content (AvgIpc) is 2.65. The third-order valence-electron chi connectivity index (χ3n) is 4.01. The van der Waals surface area contributed by atoms with Gasteiger partial charge in [-0.1, -0.05) is 18.2 Å². The molecule has 0 saturated carbocycles. The summed E-state index contributed by atoms with van der Waals surface area (Å²) in [5.41, 5.74) is 3.72. The number of carbonyl (C=O) groups is 1. The van der Waals surface area contributed by atoms with Crippen LogP contribution in [-0.2, 0) is 21.2 Å². The molecule has 0 spiro atoms. The molecular formula is C17H19N3O4S. The Kier molecular flexibility index (Phi) is 4.91. The van der Waals surface area contributed by atoms with E-state index >= 15 is 0 Å². The van der Waals surface area contributed by atoms with Crippen molar-refractivity contribution in [1.29, 1.82) is 0 Å². The van der Waals surface area contributed by atoms with Gasteiger partial charge in [0.15, 0.2) is 6.61 Å². The molecule has 7 nitrogen and oxygen atoms in total. The van der Waals surface area contributed by atoms with Gasteiger partial charge in [-0.15, -0.1) is 0 Å². The molecule has 8 heteroatoms. The second-order valence-electron chi connectivity index (χ2n) is 5.64. The van der Waals surface area contributed by atoms with Gasteiger partial charge in [-0.3, -0.25) is 14.5 Å². The van der Waals surface area contributed by atoms with Crippen molar-refractivity contribution < 1.29 is 17.9 Å². The summed E-state index contributed by atoms with van der Waals surface area (Å²) >= 11 is 0. The number of hydrogen-bond acceptors (Lipinski definition) is 5. The van der Waals surface area contributed by atoms with Gasteiger partial charge in [-0.2, -0.15) is 0 Å². The topological polar surface area (TPSA) is 102 Å². The highest BCUT2D eigenvalue weighted by atomic mass is 32.2. The van der Waals surface area contributed by atoms with E-state index in [2.05, 4.69) is 0 Å². The van der Waals surface area contributed by atoms with Gasteiger partial charge in [0.05, 0.1) is 10.6 Å². The van der Waals surface area contributed by atoms with Crippen LogP contribution in [0.3, 0.4) is 0 Å². The summed E-state index contributed by atoms with van der Waals surface area (Å²) in [5.74, 6) is 4.89. The van der Waals surface area contributed by atoms with E-state index in [1.165, 1.54) is 28.6 Å². The molecule has 3 rings (SSSR count). The normalized spacial score (nSPS) is 13.9. The van der Waals surface area contributed by atoms with Gasteiger partial charge in [-0.25, -0.2) is 14.3 Å². The van der Waals surface area contributed by atoms with E-state index in [9.17, 15) is 13.2 Å². The quantitative estimate of drug-likeness (QED) is 0.473. The molecule has 1 heterocycles. The van der Waals surface area contributed by atoms with Crippen LogP contribution in [0.5, 0.6) is 5.75 Å². The first-order valence-corrected chi connectivity index (χ1v) is 9.29. The molecule has 1 amide bonds. The molecule has 132 valence electrons. The second kappa shape index (κ2) is 7.12. The molecule has 0 saturated heterocycles. The SMILES string of the molecule is NNC(=O)COc1ccc(S(=O)(=O)N2CCCc3ccccc32)cc1. The smallest absolute Gasteiger partial charge is 0.271 e. The number of hydrogen-bond donors (Lipinski definition) is 2. The Morgan fingerprint density at radius 3 is 2.60 bits per heavy atom. The molecule has 0 fully saturated rings. The molecule has 1 aliphatic heterocycles. The number of nitrogens with zero attached hydrogens (tertiary/aromatic N) is 1.